The van der Waals surface area contributed by atoms with E-state index in [2.05, 4.69) is 0 Å². The lowest BCUT2D eigenvalue weighted by Gasteiger charge is -2.29. The number of rotatable bonds is 3. The Labute approximate surface area is 145 Å². The second-order valence-corrected chi connectivity index (χ2v) is 7.97. The number of sulfonamides is 1. The molecule has 0 aromatic heterocycles. The van der Waals surface area contributed by atoms with E-state index in [0.29, 0.717) is 24.5 Å². The van der Waals surface area contributed by atoms with Crippen LogP contribution < -0.4 is 0 Å². The first-order chi connectivity index (χ1) is 11.9. The fraction of sp³-hybridized carbons (Fsp3) is 0.333. The summed E-state index contributed by atoms with van der Waals surface area (Å²) in [5.41, 5.74) is 0.516. The third-order valence-electron chi connectivity index (χ3n) is 4.42. The van der Waals surface area contributed by atoms with E-state index < -0.39 is 38.4 Å². The van der Waals surface area contributed by atoms with Crippen LogP contribution in [0.3, 0.4) is 0 Å². The van der Waals surface area contributed by atoms with Crippen molar-refractivity contribution >= 4 is 10.0 Å². The van der Waals surface area contributed by atoms with Gasteiger partial charge < -0.3 is 0 Å². The third kappa shape index (κ3) is 3.72. The van der Waals surface area contributed by atoms with Crippen LogP contribution in [-0.2, 0) is 10.0 Å². The van der Waals surface area contributed by atoms with Crippen molar-refractivity contribution in [1.29, 1.82) is 0 Å². The van der Waals surface area contributed by atoms with Crippen molar-refractivity contribution in [3.05, 3.63) is 65.5 Å². The molecule has 2 aromatic rings. The monoisotopic (exact) mass is 369 g/mol. The Hall–Kier alpha value is -1.86. The summed E-state index contributed by atoms with van der Waals surface area (Å²) in [6.07, 6.45) is 2.71. The predicted molar refractivity (Wildman–Crippen MR) is 87.9 cm³/mol. The highest BCUT2D eigenvalue weighted by Crippen LogP contribution is 2.35. The molecule has 0 amide bonds. The van der Waals surface area contributed by atoms with Gasteiger partial charge in [0.25, 0.3) is 0 Å². The predicted octanol–water partition coefficient (Wildman–Crippen LogP) is 4.41. The van der Waals surface area contributed by atoms with Gasteiger partial charge in [0.2, 0.25) is 10.0 Å². The van der Waals surface area contributed by atoms with Crippen molar-refractivity contribution < 1.29 is 21.6 Å². The summed E-state index contributed by atoms with van der Waals surface area (Å²) in [7, 11) is -4.25. The number of benzene rings is 2. The third-order valence-corrected chi connectivity index (χ3v) is 6.34. The fourth-order valence-corrected chi connectivity index (χ4v) is 4.98. The highest BCUT2D eigenvalue weighted by molar-refractivity contribution is 7.89. The maximum absolute atomic E-state index is 14.1. The largest absolute Gasteiger partial charge is 0.246 e. The smallest absolute Gasteiger partial charge is 0.207 e. The summed E-state index contributed by atoms with van der Waals surface area (Å²) < 4.78 is 68.4. The summed E-state index contributed by atoms with van der Waals surface area (Å²) in [5.74, 6) is -2.28. The molecule has 0 radical (unpaired) electrons. The molecule has 0 aliphatic carbocycles. The standard InChI is InChI=1S/C18H18F3NO2S/c19-14-6-4-5-13(11-14)17-7-2-1-3-10-22(17)25(23,24)18-12-15(20)8-9-16(18)21/h4-6,8-9,11-12,17H,1-3,7,10H2. The Morgan fingerprint density at radius 2 is 1.68 bits per heavy atom. The molecule has 1 saturated heterocycles. The zero-order valence-corrected chi connectivity index (χ0v) is 14.3. The maximum Gasteiger partial charge on any atom is 0.246 e. The van der Waals surface area contributed by atoms with Gasteiger partial charge in [-0.2, -0.15) is 4.31 Å². The second-order valence-electron chi connectivity index (χ2n) is 6.11. The van der Waals surface area contributed by atoms with Gasteiger partial charge in [-0.3, -0.25) is 0 Å². The Morgan fingerprint density at radius 3 is 2.44 bits per heavy atom. The molecular weight excluding hydrogens is 351 g/mol. The Bertz CT molecular complexity index is 870. The summed E-state index contributed by atoms with van der Waals surface area (Å²) in [5, 5.41) is 0. The van der Waals surface area contributed by atoms with Crippen LogP contribution in [0.2, 0.25) is 0 Å². The molecular formula is C18H18F3NO2S. The molecule has 0 N–H and O–H groups in total. The maximum atomic E-state index is 14.1. The van der Waals surface area contributed by atoms with Crippen molar-refractivity contribution in [2.45, 2.75) is 36.6 Å². The summed E-state index contributed by atoms with van der Waals surface area (Å²) >= 11 is 0. The molecule has 0 bridgehead atoms. The molecule has 3 rings (SSSR count). The zero-order valence-electron chi connectivity index (χ0n) is 13.5. The van der Waals surface area contributed by atoms with Crippen molar-refractivity contribution in [2.75, 3.05) is 6.54 Å². The van der Waals surface area contributed by atoms with Gasteiger partial charge >= 0.3 is 0 Å². The lowest BCUT2D eigenvalue weighted by atomic mass is 10.0. The van der Waals surface area contributed by atoms with E-state index in [-0.39, 0.29) is 6.54 Å². The van der Waals surface area contributed by atoms with Gasteiger partial charge in [-0.25, -0.2) is 21.6 Å². The first kappa shape index (κ1) is 17.9. The highest BCUT2D eigenvalue weighted by Gasteiger charge is 2.35. The second kappa shape index (κ2) is 7.17. The van der Waals surface area contributed by atoms with E-state index in [4.69, 9.17) is 0 Å². The molecule has 1 aliphatic rings. The minimum absolute atomic E-state index is 0.180. The topological polar surface area (TPSA) is 37.4 Å². The van der Waals surface area contributed by atoms with Gasteiger partial charge in [0, 0.05) is 6.54 Å². The van der Waals surface area contributed by atoms with Crippen molar-refractivity contribution in [1.82, 2.24) is 4.31 Å². The molecule has 1 fully saturated rings. The minimum atomic E-state index is -4.25. The summed E-state index contributed by atoms with van der Waals surface area (Å²) in [6, 6.07) is 7.51. The Kier molecular flexibility index (Phi) is 5.15. The lowest BCUT2D eigenvalue weighted by molar-refractivity contribution is 0.326. The molecule has 1 heterocycles. The normalized spacial score (nSPS) is 19.6. The first-order valence-electron chi connectivity index (χ1n) is 8.12. The molecule has 2 aromatic carbocycles. The van der Waals surface area contributed by atoms with Crippen LogP contribution in [0.1, 0.15) is 37.3 Å². The quantitative estimate of drug-likeness (QED) is 0.804. The lowest BCUT2D eigenvalue weighted by Crippen LogP contribution is -2.35. The number of nitrogens with zero attached hydrogens (tertiary/aromatic N) is 1. The van der Waals surface area contributed by atoms with Crippen LogP contribution >= 0.6 is 0 Å². The summed E-state index contributed by atoms with van der Waals surface area (Å²) in [6.45, 7) is 0.180. The van der Waals surface area contributed by atoms with Gasteiger partial charge in [-0.15, -0.1) is 0 Å². The van der Waals surface area contributed by atoms with E-state index in [1.54, 1.807) is 6.07 Å². The molecule has 0 spiro atoms. The molecule has 7 heteroatoms. The van der Waals surface area contributed by atoms with Gasteiger partial charge in [-0.05, 0) is 48.7 Å². The van der Waals surface area contributed by atoms with Crippen LogP contribution in [0.4, 0.5) is 13.2 Å². The Morgan fingerprint density at radius 1 is 0.920 bits per heavy atom. The van der Waals surface area contributed by atoms with Crippen LogP contribution in [0.5, 0.6) is 0 Å². The van der Waals surface area contributed by atoms with E-state index in [9.17, 15) is 21.6 Å². The molecule has 3 nitrogen and oxygen atoms in total. The average Bonchev–Trinajstić information content (AvgIpc) is 2.83. The van der Waals surface area contributed by atoms with Crippen molar-refractivity contribution in [3.8, 4) is 0 Å². The molecule has 25 heavy (non-hydrogen) atoms. The molecule has 1 atom stereocenters. The zero-order chi connectivity index (χ0) is 18.0. The van der Waals surface area contributed by atoms with Gasteiger partial charge in [0.1, 0.15) is 22.3 Å². The molecule has 1 aliphatic heterocycles. The first-order valence-corrected chi connectivity index (χ1v) is 9.56. The minimum Gasteiger partial charge on any atom is -0.207 e. The number of hydrogen-bond donors (Lipinski definition) is 0. The van der Waals surface area contributed by atoms with Crippen LogP contribution in [0, 0.1) is 17.5 Å². The molecule has 134 valence electrons. The number of halogens is 3. The van der Waals surface area contributed by atoms with E-state index >= 15 is 0 Å². The van der Waals surface area contributed by atoms with Crippen molar-refractivity contribution in [2.24, 2.45) is 0 Å². The summed E-state index contributed by atoms with van der Waals surface area (Å²) in [4.78, 5) is -0.684. The highest BCUT2D eigenvalue weighted by atomic mass is 32.2. The Balaban J connectivity index is 2.08. The van der Waals surface area contributed by atoms with Gasteiger partial charge in [0.05, 0.1) is 6.04 Å². The SMILES string of the molecule is O=S(=O)(c1cc(F)ccc1F)N1CCCCCC1c1cccc(F)c1. The van der Waals surface area contributed by atoms with Crippen molar-refractivity contribution in [3.63, 3.8) is 0 Å². The van der Waals surface area contributed by atoms with Gasteiger partial charge in [0.15, 0.2) is 0 Å². The van der Waals surface area contributed by atoms with E-state index in [1.165, 1.54) is 22.5 Å². The van der Waals surface area contributed by atoms with Crippen LogP contribution in [0.25, 0.3) is 0 Å². The van der Waals surface area contributed by atoms with Gasteiger partial charge in [-0.1, -0.05) is 25.0 Å². The fourth-order valence-electron chi connectivity index (χ4n) is 3.22. The van der Waals surface area contributed by atoms with Crippen LogP contribution in [-0.4, -0.2) is 19.3 Å². The number of hydrogen-bond acceptors (Lipinski definition) is 2. The van der Waals surface area contributed by atoms with E-state index in [0.717, 1.165) is 25.0 Å². The van der Waals surface area contributed by atoms with E-state index in [1.807, 2.05) is 0 Å². The molecule has 1 unspecified atom stereocenters. The van der Waals surface area contributed by atoms with Crippen LogP contribution in [0.15, 0.2) is 47.4 Å². The molecule has 0 saturated carbocycles. The average molecular weight is 369 g/mol.